The predicted octanol–water partition coefficient (Wildman–Crippen LogP) is 4.15. The third-order valence-corrected chi connectivity index (χ3v) is 3.85. The minimum atomic E-state index is 0.670. The topological polar surface area (TPSA) is 24.9 Å². The quantitative estimate of drug-likeness (QED) is 0.920. The molecule has 1 saturated carbocycles. The van der Waals surface area contributed by atoms with Crippen molar-refractivity contribution in [2.75, 3.05) is 5.32 Å². The summed E-state index contributed by atoms with van der Waals surface area (Å²) in [6.45, 7) is 0. The molecule has 2 aromatic rings. The Labute approximate surface area is 107 Å². The van der Waals surface area contributed by atoms with Gasteiger partial charge in [-0.3, -0.25) is 0 Å². The van der Waals surface area contributed by atoms with Crippen LogP contribution in [0, 0.1) is 0 Å². The molecule has 0 bridgehead atoms. The molecule has 1 aromatic heterocycles. The summed E-state index contributed by atoms with van der Waals surface area (Å²) < 4.78 is 1.10. The van der Waals surface area contributed by atoms with Crippen LogP contribution in [-0.4, -0.2) is 11.0 Å². The summed E-state index contributed by atoms with van der Waals surface area (Å²) in [5.41, 5.74) is 2.23. The zero-order valence-corrected chi connectivity index (χ0v) is 11.0. The number of benzene rings is 1. The van der Waals surface area contributed by atoms with Crippen LogP contribution in [0.15, 0.2) is 34.1 Å². The van der Waals surface area contributed by atoms with E-state index in [2.05, 4.69) is 43.7 Å². The molecule has 1 N–H and O–H groups in total. The van der Waals surface area contributed by atoms with E-state index in [0.717, 1.165) is 15.3 Å². The number of nitrogens with zero attached hydrogens (tertiary/aromatic N) is 1. The lowest BCUT2D eigenvalue weighted by molar-refractivity contribution is 1.14. The maximum absolute atomic E-state index is 4.58. The molecule has 1 aromatic carbocycles. The maximum atomic E-state index is 4.58. The summed E-state index contributed by atoms with van der Waals surface area (Å²) in [4.78, 5) is 4.58. The molecule has 3 rings (SSSR count). The number of hydrogen-bond donors (Lipinski definition) is 1. The molecule has 1 fully saturated rings. The Bertz CT molecular complexity index is 488. The van der Waals surface area contributed by atoms with E-state index in [-0.39, 0.29) is 0 Å². The standard InChI is InChI=1S/C12H11BrN2S/c13-9-3-1-8(2-4-9)11-7-16-12(15-11)14-10-5-6-10/h1-4,7,10H,5-6H2,(H,14,15). The normalized spacial score (nSPS) is 15.1. The second kappa shape index (κ2) is 4.18. The average Bonchev–Trinajstić information content (AvgIpc) is 2.97. The van der Waals surface area contributed by atoms with E-state index in [9.17, 15) is 0 Å². The van der Waals surface area contributed by atoms with Crippen LogP contribution in [0.1, 0.15) is 12.8 Å². The molecule has 82 valence electrons. The van der Waals surface area contributed by atoms with Crippen LogP contribution in [0.3, 0.4) is 0 Å². The zero-order valence-electron chi connectivity index (χ0n) is 8.61. The highest BCUT2D eigenvalue weighted by atomic mass is 79.9. The Morgan fingerprint density at radius 2 is 2.00 bits per heavy atom. The maximum Gasteiger partial charge on any atom is 0.183 e. The molecule has 0 aliphatic heterocycles. The van der Waals surface area contributed by atoms with Crippen molar-refractivity contribution in [3.8, 4) is 11.3 Å². The molecule has 2 nitrogen and oxygen atoms in total. The highest BCUT2D eigenvalue weighted by Gasteiger charge is 2.21. The van der Waals surface area contributed by atoms with Crippen LogP contribution < -0.4 is 5.32 Å². The first-order valence-electron chi connectivity index (χ1n) is 5.29. The van der Waals surface area contributed by atoms with Crippen molar-refractivity contribution >= 4 is 32.4 Å². The van der Waals surface area contributed by atoms with Gasteiger partial charge in [0.1, 0.15) is 0 Å². The van der Waals surface area contributed by atoms with Gasteiger partial charge in [0.2, 0.25) is 0 Å². The lowest BCUT2D eigenvalue weighted by atomic mass is 10.2. The number of aromatic nitrogens is 1. The summed E-state index contributed by atoms with van der Waals surface area (Å²) in [6, 6.07) is 8.93. The van der Waals surface area contributed by atoms with Gasteiger partial charge in [-0.15, -0.1) is 11.3 Å². The zero-order chi connectivity index (χ0) is 11.0. The first kappa shape index (κ1) is 10.3. The van der Waals surface area contributed by atoms with Crippen molar-refractivity contribution in [3.05, 3.63) is 34.1 Å². The Balaban J connectivity index is 1.82. The highest BCUT2D eigenvalue weighted by Crippen LogP contribution is 2.30. The molecule has 1 heterocycles. The molecule has 16 heavy (non-hydrogen) atoms. The van der Waals surface area contributed by atoms with Gasteiger partial charge in [0, 0.05) is 21.5 Å². The van der Waals surface area contributed by atoms with Crippen molar-refractivity contribution in [2.45, 2.75) is 18.9 Å². The van der Waals surface area contributed by atoms with E-state index < -0.39 is 0 Å². The van der Waals surface area contributed by atoms with Crippen LogP contribution >= 0.6 is 27.3 Å². The fourth-order valence-electron chi connectivity index (χ4n) is 1.50. The SMILES string of the molecule is Brc1ccc(-c2csc(NC3CC3)n2)cc1. The van der Waals surface area contributed by atoms with Gasteiger partial charge < -0.3 is 5.32 Å². The smallest absolute Gasteiger partial charge is 0.183 e. The van der Waals surface area contributed by atoms with Crippen LogP contribution in [0.25, 0.3) is 11.3 Å². The largest absolute Gasteiger partial charge is 0.359 e. The predicted molar refractivity (Wildman–Crippen MR) is 71.9 cm³/mol. The summed E-state index contributed by atoms with van der Waals surface area (Å²) in [5, 5.41) is 6.56. The first-order chi connectivity index (χ1) is 7.81. The van der Waals surface area contributed by atoms with E-state index >= 15 is 0 Å². The number of anilines is 1. The molecule has 1 aliphatic carbocycles. The molecule has 0 radical (unpaired) electrons. The van der Waals surface area contributed by atoms with Gasteiger partial charge in [-0.1, -0.05) is 28.1 Å². The summed E-state index contributed by atoms with van der Waals surface area (Å²) >= 11 is 5.12. The number of nitrogens with one attached hydrogen (secondary N) is 1. The summed E-state index contributed by atoms with van der Waals surface area (Å²) in [5.74, 6) is 0. The lowest BCUT2D eigenvalue weighted by Crippen LogP contribution is -1.99. The Morgan fingerprint density at radius 1 is 1.25 bits per heavy atom. The molecule has 0 saturated heterocycles. The minimum Gasteiger partial charge on any atom is -0.359 e. The Morgan fingerprint density at radius 3 is 2.69 bits per heavy atom. The van der Waals surface area contributed by atoms with E-state index in [1.54, 1.807) is 11.3 Å². The minimum absolute atomic E-state index is 0.670. The van der Waals surface area contributed by atoms with Crippen LogP contribution in [0.4, 0.5) is 5.13 Å². The van der Waals surface area contributed by atoms with Gasteiger partial charge in [0.15, 0.2) is 5.13 Å². The first-order valence-corrected chi connectivity index (χ1v) is 6.96. The molecule has 0 spiro atoms. The van der Waals surface area contributed by atoms with E-state index in [1.165, 1.54) is 18.4 Å². The molecular weight excluding hydrogens is 284 g/mol. The molecule has 0 unspecified atom stereocenters. The van der Waals surface area contributed by atoms with Crippen molar-refractivity contribution < 1.29 is 0 Å². The van der Waals surface area contributed by atoms with Crippen LogP contribution in [0.5, 0.6) is 0 Å². The molecule has 0 atom stereocenters. The van der Waals surface area contributed by atoms with E-state index in [4.69, 9.17) is 0 Å². The van der Waals surface area contributed by atoms with E-state index in [0.29, 0.717) is 6.04 Å². The van der Waals surface area contributed by atoms with Gasteiger partial charge in [-0.2, -0.15) is 0 Å². The van der Waals surface area contributed by atoms with Gasteiger partial charge in [-0.25, -0.2) is 4.98 Å². The van der Waals surface area contributed by atoms with Crippen molar-refractivity contribution in [3.63, 3.8) is 0 Å². The van der Waals surface area contributed by atoms with E-state index in [1.807, 2.05) is 12.1 Å². The Hall–Kier alpha value is -0.870. The fraction of sp³-hybridized carbons (Fsp3) is 0.250. The third-order valence-electron chi connectivity index (χ3n) is 2.55. The second-order valence-corrected chi connectivity index (χ2v) is 5.74. The molecule has 4 heteroatoms. The van der Waals surface area contributed by atoms with Crippen molar-refractivity contribution in [2.24, 2.45) is 0 Å². The number of thiazole rings is 1. The van der Waals surface area contributed by atoms with Crippen LogP contribution in [0.2, 0.25) is 0 Å². The number of halogens is 1. The highest BCUT2D eigenvalue weighted by molar-refractivity contribution is 9.10. The summed E-state index contributed by atoms with van der Waals surface area (Å²) in [7, 11) is 0. The fourth-order valence-corrected chi connectivity index (χ4v) is 2.56. The monoisotopic (exact) mass is 294 g/mol. The molecule has 0 amide bonds. The molecular formula is C12H11BrN2S. The van der Waals surface area contributed by atoms with Crippen LogP contribution in [-0.2, 0) is 0 Å². The lowest BCUT2D eigenvalue weighted by Gasteiger charge is -1.98. The van der Waals surface area contributed by atoms with Gasteiger partial charge in [0.25, 0.3) is 0 Å². The summed E-state index contributed by atoms with van der Waals surface area (Å²) in [6.07, 6.45) is 2.57. The number of rotatable bonds is 3. The molecule has 1 aliphatic rings. The van der Waals surface area contributed by atoms with Crippen molar-refractivity contribution in [1.29, 1.82) is 0 Å². The van der Waals surface area contributed by atoms with Gasteiger partial charge in [0.05, 0.1) is 5.69 Å². The van der Waals surface area contributed by atoms with Gasteiger partial charge >= 0.3 is 0 Å². The number of hydrogen-bond acceptors (Lipinski definition) is 3. The third kappa shape index (κ3) is 2.28. The van der Waals surface area contributed by atoms with Gasteiger partial charge in [-0.05, 0) is 25.0 Å². The average molecular weight is 295 g/mol. The Kier molecular flexibility index (Phi) is 2.69. The van der Waals surface area contributed by atoms with Crippen molar-refractivity contribution in [1.82, 2.24) is 4.98 Å². The second-order valence-electron chi connectivity index (χ2n) is 3.96.